The third-order valence-corrected chi connectivity index (χ3v) is 7.33. The number of hydrogen-bond acceptors (Lipinski definition) is 4. The molecule has 3 atom stereocenters. The summed E-state index contributed by atoms with van der Waals surface area (Å²) >= 11 is 0. The second-order valence-electron chi connectivity index (χ2n) is 8.39. The van der Waals surface area contributed by atoms with E-state index in [9.17, 15) is 13.4 Å². The summed E-state index contributed by atoms with van der Waals surface area (Å²) in [6.45, 7) is 3.08. The van der Waals surface area contributed by atoms with Crippen LogP contribution in [0.5, 0.6) is 5.88 Å². The number of nitrogens with one attached hydrogen (secondary N) is 1. The predicted octanol–water partition coefficient (Wildman–Crippen LogP) is 2.77. The van der Waals surface area contributed by atoms with Crippen LogP contribution in [0.2, 0.25) is 0 Å². The first kappa shape index (κ1) is 19.5. The van der Waals surface area contributed by atoms with Gasteiger partial charge in [0.05, 0.1) is 19.3 Å². The topological polar surface area (TPSA) is 112 Å². The number of halogens is 1. The second-order valence-corrected chi connectivity index (χ2v) is 10.1. The molecular formula is C20H24FN5O3S. The Morgan fingerprint density at radius 1 is 1.37 bits per heavy atom. The van der Waals surface area contributed by atoms with Crippen LogP contribution in [0.1, 0.15) is 35.6 Å². The number of urea groups is 1. The van der Waals surface area contributed by atoms with Crippen LogP contribution in [0, 0.1) is 5.92 Å². The number of carbonyl (C=O) groups is 1. The molecule has 2 amide bonds. The van der Waals surface area contributed by atoms with Gasteiger partial charge in [-0.15, -0.1) is 4.36 Å². The molecule has 0 saturated carbocycles. The van der Waals surface area contributed by atoms with Crippen molar-refractivity contribution < 1.29 is 18.1 Å². The summed E-state index contributed by atoms with van der Waals surface area (Å²) in [6.07, 6.45) is 3.73. The van der Waals surface area contributed by atoms with Crippen molar-refractivity contribution in [1.29, 1.82) is 0 Å². The predicted molar refractivity (Wildman–Crippen MR) is 110 cm³/mol. The average Bonchev–Trinajstić information content (AvgIpc) is 3.37. The van der Waals surface area contributed by atoms with E-state index in [0.29, 0.717) is 31.1 Å². The monoisotopic (exact) mass is 433 g/mol. The molecule has 0 unspecified atom stereocenters. The van der Waals surface area contributed by atoms with Crippen molar-refractivity contribution in [3.8, 4) is 5.88 Å². The van der Waals surface area contributed by atoms with Crippen molar-refractivity contribution in [2.45, 2.75) is 56.6 Å². The Bertz CT molecular complexity index is 1170. The van der Waals surface area contributed by atoms with Crippen LogP contribution >= 0.6 is 0 Å². The molecule has 8 nitrogen and oxygen atoms in total. The molecule has 3 aliphatic rings. The highest BCUT2D eigenvalue weighted by molar-refractivity contribution is 7.91. The molecule has 0 fully saturated rings. The van der Waals surface area contributed by atoms with Gasteiger partial charge in [0.25, 0.3) is 0 Å². The van der Waals surface area contributed by atoms with E-state index in [2.05, 4.69) is 20.8 Å². The number of anilines is 1. The minimum absolute atomic E-state index is 0.108. The summed E-state index contributed by atoms with van der Waals surface area (Å²) in [4.78, 5) is 12.8. The molecule has 30 heavy (non-hydrogen) atoms. The molecule has 1 aromatic heterocycles. The zero-order valence-electron chi connectivity index (χ0n) is 16.7. The fraction of sp³-hybridized carbons (Fsp3) is 0.500. The normalized spacial score (nSPS) is 23.7. The molecule has 1 aliphatic heterocycles. The van der Waals surface area contributed by atoms with E-state index < -0.39 is 22.1 Å². The third kappa shape index (κ3) is 3.27. The summed E-state index contributed by atoms with van der Waals surface area (Å²) in [5, 5.41) is 12.9. The molecular weight excluding hydrogens is 409 g/mol. The van der Waals surface area contributed by atoms with Gasteiger partial charge in [-0.2, -0.15) is 5.10 Å². The lowest BCUT2D eigenvalue weighted by Crippen LogP contribution is -2.25. The highest BCUT2D eigenvalue weighted by Gasteiger charge is 2.30. The van der Waals surface area contributed by atoms with Crippen molar-refractivity contribution >= 4 is 21.6 Å². The number of alkyl halides is 1. The SMILES string of the molecule is C[C@H]1COc2c([S@](N)(=O)=NC(=O)Nc3c4c(cc5c3C[C@@H](F)C5)CCC4)cnn2C1. The van der Waals surface area contributed by atoms with Gasteiger partial charge in [-0.3, -0.25) is 0 Å². The Hall–Kier alpha value is -2.46. The summed E-state index contributed by atoms with van der Waals surface area (Å²) in [7, 11) is -3.55. The first-order chi connectivity index (χ1) is 14.3. The zero-order valence-corrected chi connectivity index (χ0v) is 17.5. The minimum atomic E-state index is -3.55. The Morgan fingerprint density at radius 3 is 3.03 bits per heavy atom. The minimum Gasteiger partial charge on any atom is -0.477 e. The van der Waals surface area contributed by atoms with E-state index in [1.54, 1.807) is 4.68 Å². The van der Waals surface area contributed by atoms with Crippen molar-refractivity contribution in [3.63, 3.8) is 0 Å². The van der Waals surface area contributed by atoms with Gasteiger partial charge in [-0.05, 0) is 41.5 Å². The van der Waals surface area contributed by atoms with Crippen LogP contribution in [-0.2, 0) is 42.1 Å². The van der Waals surface area contributed by atoms with E-state index in [1.165, 1.54) is 6.20 Å². The molecule has 0 spiro atoms. The van der Waals surface area contributed by atoms with Gasteiger partial charge in [-0.1, -0.05) is 13.0 Å². The Labute approximate surface area is 174 Å². The molecule has 10 heteroatoms. The first-order valence-electron chi connectivity index (χ1n) is 10.2. The zero-order chi connectivity index (χ0) is 21.0. The van der Waals surface area contributed by atoms with E-state index in [4.69, 9.17) is 9.88 Å². The van der Waals surface area contributed by atoms with Crippen LogP contribution in [0.25, 0.3) is 0 Å². The van der Waals surface area contributed by atoms with Crippen LogP contribution in [0.15, 0.2) is 21.5 Å². The number of amides is 2. The van der Waals surface area contributed by atoms with Crippen LogP contribution in [0.3, 0.4) is 0 Å². The first-order valence-corrected chi connectivity index (χ1v) is 11.7. The molecule has 2 aliphatic carbocycles. The van der Waals surface area contributed by atoms with Gasteiger partial charge in [0.1, 0.15) is 11.1 Å². The summed E-state index contributed by atoms with van der Waals surface area (Å²) < 4.78 is 38.1. The molecule has 2 aromatic rings. The maximum atomic E-state index is 14.0. The standard InChI is InChI=1S/C20H24FN5O3S/c1-11-9-26-19(29-10-11)17(8-23-26)30(22,28)25-20(27)24-18-15-4-2-3-12(15)5-13-6-14(21)7-16(13)18/h5,8,11,14H,2-4,6-7,9-10H2,1H3,(H3,22,24,25,27,28)/t11-,14+,30-/m1/s1. The van der Waals surface area contributed by atoms with E-state index in [1.807, 2.05) is 6.92 Å². The number of aryl methyl sites for hydroxylation is 1. The number of fused-ring (bicyclic) bond motifs is 3. The van der Waals surface area contributed by atoms with Crippen LogP contribution in [-0.4, -0.2) is 32.8 Å². The maximum Gasteiger partial charge on any atom is 0.354 e. The molecule has 3 N–H and O–H groups in total. The molecule has 160 valence electrons. The van der Waals surface area contributed by atoms with Crippen LogP contribution in [0.4, 0.5) is 14.9 Å². The number of rotatable bonds is 2. The quantitative estimate of drug-likeness (QED) is 0.758. The lowest BCUT2D eigenvalue weighted by molar-refractivity contribution is 0.171. The van der Waals surface area contributed by atoms with E-state index in [0.717, 1.165) is 41.5 Å². The molecule has 0 saturated heterocycles. The van der Waals surface area contributed by atoms with Gasteiger partial charge in [-0.25, -0.2) is 23.2 Å². The number of benzene rings is 1. The largest absolute Gasteiger partial charge is 0.477 e. The summed E-state index contributed by atoms with van der Waals surface area (Å²) in [5.41, 5.74) is 4.52. The molecule has 5 rings (SSSR count). The number of ether oxygens (including phenoxy) is 1. The fourth-order valence-corrected chi connectivity index (χ4v) is 5.66. The highest BCUT2D eigenvalue weighted by Crippen LogP contribution is 2.39. The van der Waals surface area contributed by atoms with Crippen molar-refractivity contribution in [2.75, 3.05) is 11.9 Å². The number of nitrogens with two attached hydrogens (primary N) is 1. The average molecular weight is 434 g/mol. The number of carbonyl (C=O) groups excluding carboxylic acids is 1. The van der Waals surface area contributed by atoms with Crippen molar-refractivity contribution in [1.82, 2.24) is 9.78 Å². The van der Waals surface area contributed by atoms with Crippen LogP contribution < -0.4 is 15.2 Å². The summed E-state index contributed by atoms with van der Waals surface area (Å²) in [6, 6.07) is 1.25. The lowest BCUT2D eigenvalue weighted by atomic mass is 9.99. The van der Waals surface area contributed by atoms with Gasteiger partial charge in [0.2, 0.25) is 5.88 Å². The number of hydrogen-bond donors (Lipinski definition) is 2. The van der Waals surface area contributed by atoms with Crippen molar-refractivity contribution in [3.05, 3.63) is 34.5 Å². The molecule has 2 heterocycles. The Balaban J connectivity index is 1.47. The summed E-state index contributed by atoms with van der Waals surface area (Å²) in [5.74, 6) is 0.555. The molecule has 0 bridgehead atoms. The van der Waals surface area contributed by atoms with Gasteiger partial charge in [0.15, 0.2) is 9.92 Å². The molecule has 0 radical (unpaired) electrons. The van der Waals surface area contributed by atoms with Crippen molar-refractivity contribution in [2.24, 2.45) is 15.4 Å². The van der Waals surface area contributed by atoms with Gasteiger partial charge < -0.3 is 10.1 Å². The highest BCUT2D eigenvalue weighted by atomic mass is 32.2. The maximum absolute atomic E-state index is 14.0. The Morgan fingerprint density at radius 2 is 2.20 bits per heavy atom. The van der Waals surface area contributed by atoms with Gasteiger partial charge >= 0.3 is 6.03 Å². The lowest BCUT2D eigenvalue weighted by Gasteiger charge is -2.21. The third-order valence-electron chi connectivity index (χ3n) is 5.98. The smallest absolute Gasteiger partial charge is 0.354 e. The number of aromatic nitrogens is 2. The second kappa shape index (κ2) is 7.05. The van der Waals surface area contributed by atoms with E-state index >= 15 is 0 Å². The fourth-order valence-electron chi connectivity index (χ4n) is 4.65. The Kier molecular flexibility index (Phi) is 4.59. The molecule has 1 aromatic carbocycles. The number of nitrogens with zero attached hydrogens (tertiary/aromatic N) is 3. The van der Waals surface area contributed by atoms with Gasteiger partial charge in [0, 0.05) is 24.4 Å². The van der Waals surface area contributed by atoms with E-state index in [-0.39, 0.29) is 17.2 Å².